The molecule has 1 aromatic heterocycles. The number of hydrogen-bond donors (Lipinski definition) is 1. The normalized spacial score (nSPS) is 10.6. The van der Waals surface area contributed by atoms with E-state index >= 15 is 0 Å². The molecule has 1 N–H and O–H groups in total. The summed E-state index contributed by atoms with van der Waals surface area (Å²) in [5, 5.41) is 3.32. The minimum absolute atomic E-state index is 0.498. The quantitative estimate of drug-likeness (QED) is 0.762. The second-order valence-corrected chi connectivity index (χ2v) is 3.37. The van der Waals surface area contributed by atoms with Crippen LogP contribution in [0.1, 0.15) is 19.5 Å². The minimum Gasteiger partial charge on any atom is -0.480 e. The minimum atomic E-state index is 0.498. The Morgan fingerprint density at radius 1 is 1.36 bits per heavy atom. The van der Waals surface area contributed by atoms with E-state index < -0.39 is 0 Å². The highest BCUT2D eigenvalue weighted by molar-refractivity contribution is 5.17. The molecule has 0 spiro atoms. The maximum atomic E-state index is 5.10. The molecule has 14 heavy (non-hydrogen) atoms. The number of rotatable bonds is 5. The van der Waals surface area contributed by atoms with Crippen LogP contribution in [0, 0.1) is 0 Å². The molecule has 0 aliphatic heterocycles. The zero-order valence-corrected chi connectivity index (χ0v) is 8.95. The molecule has 0 atom stereocenters. The van der Waals surface area contributed by atoms with Crippen LogP contribution >= 0.6 is 0 Å². The van der Waals surface area contributed by atoms with Crippen LogP contribution < -0.4 is 10.1 Å². The predicted molar refractivity (Wildman–Crippen MR) is 55.4 cm³/mol. The summed E-state index contributed by atoms with van der Waals surface area (Å²) < 4.78 is 5.10. The molecule has 0 saturated heterocycles. The van der Waals surface area contributed by atoms with Crippen LogP contribution in [-0.4, -0.2) is 29.7 Å². The highest BCUT2D eigenvalue weighted by Crippen LogP contribution is 2.10. The van der Waals surface area contributed by atoms with Crippen molar-refractivity contribution in [2.45, 2.75) is 26.3 Å². The van der Waals surface area contributed by atoms with Crippen molar-refractivity contribution >= 4 is 0 Å². The van der Waals surface area contributed by atoms with Crippen LogP contribution in [0.3, 0.4) is 0 Å². The van der Waals surface area contributed by atoms with Crippen LogP contribution in [-0.2, 0) is 6.42 Å². The molecule has 78 valence electrons. The zero-order valence-electron chi connectivity index (χ0n) is 8.95. The molecule has 1 rings (SSSR count). The van der Waals surface area contributed by atoms with E-state index in [1.54, 1.807) is 19.5 Å². The molecular weight excluding hydrogens is 178 g/mol. The molecule has 0 bridgehead atoms. The van der Waals surface area contributed by atoms with Gasteiger partial charge < -0.3 is 10.1 Å². The molecule has 1 aromatic rings. The number of nitrogens with one attached hydrogen (secondary N) is 1. The fraction of sp³-hybridized carbons (Fsp3) is 0.600. The van der Waals surface area contributed by atoms with Gasteiger partial charge in [-0.1, -0.05) is 13.8 Å². The van der Waals surface area contributed by atoms with Crippen LogP contribution in [0.2, 0.25) is 0 Å². The standard InChI is InChI=1S/C10H17N3O/c1-8(2)11-5-4-9-10(14-3)13-7-6-12-9/h6-8,11H,4-5H2,1-3H3. The summed E-state index contributed by atoms with van der Waals surface area (Å²) in [7, 11) is 1.61. The summed E-state index contributed by atoms with van der Waals surface area (Å²) >= 11 is 0. The van der Waals surface area contributed by atoms with Gasteiger partial charge in [0.05, 0.1) is 7.11 Å². The first-order valence-corrected chi connectivity index (χ1v) is 4.81. The molecule has 0 saturated carbocycles. The Labute approximate surface area is 84.7 Å². The highest BCUT2D eigenvalue weighted by atomic mass is 16.5. The first-order chi connectivity index (χ1) is 6.74. The van der Waals surface area contributed by atoms with Crippen LogP contribution in [0.15, 0.2) is 12.4 Å². The van der Waals surface area contributed by atoms with Crippen molar-refractivity contribution in [3.8, 4) is 5.88 Å². The number of aromatic nitrogens is 2. The fourth-order valence-electron chi connectivity index (χ4n) is 1.18. The van der Waals surface area contributed by atoms with Gasteiger partial charge in [-0.05, 0) is 0 Å². The van der Waals surface area contributed by atoms with Gasteiger partial charge in [-0.25, -0.2) is 4.98 Å². The van der Waals surface area contributed by atoms with Gasteiger partial charge in [-0.2, -0.15) is 0 Å². The van der Waals surface area contributed by atoms with E-state index in [2.05, 4.69) is 29.1 Å². The average molecular weight is 195 g/mol. The first-order valence-electron chi connectivity index (χ1n) is 4.81. The van der Waals surface area contributed by atoms with Crippen molar-refractivity contribution in [2.75, 3.05) is 13.7 Å². The van der Waals surface area contributed by atoms with Crippen molar-refractivity contribution in [2.24, 2.45) is 0 Å². The lowest BCUT2D eigenvalue weighted by atomic mass is 10.3. The third-order valence-corrected chi connectivity index (χ3v) is 1.84. The topological polar surface area (TPSA) is 47.0 Å². The van der Waals surface area contributed by atoms with E-state index in [0.29, 0.717) is 11.9 Å². The van der Waals surface area contributed by atoms with Gasteiger partial charge in [0.25, 0.3) is 0 Å². The van der Waals surface area contributed by atoms with E-state index in [0.717, 1.165) is 18.7 Å². The van der Waals surface area contributed by atoms with Crippen molar-refractivity contribution in [3.05, 3.63) is 18.1 Å². The van der Waals surface area contributed by atoms with E-state index in [-0.39, 0.29) is 0 Å². The Morgan fingerprint density at radius 3 is 2.71 bits per heavy atom. The summed E-state index contributed by atoms with van der Waals surface area (Å²) in [4.78, 5) is 8.30. The number of hydrogen-bond acceptors (Lipinski definition) is 4. The maximum Gasteiger partial charge on any atom is 0.235 e. The van der Waals surface area contributed by atoms with E-state index in [4.69, 9.17) is 4.74 Å². The summed E-state index contributed by atoms with van der Waals surface area (Å²) in [5.41, 5.74) is 0.906. The number of nitrogens with zero attached hydrogens (tertiary/aromatic N) is 2. The van der Waals surface area contributed by atoms with Gasteiger partial charge in [0, 0.05) is 31.4 Å². The zero-order chi connectivity index (χ0) is 10.4. The predicted octanol–water partition coefficient (Wildman–Crippen LogP) is 1.03. The Kier molecular flexibility index (Phi) is 4.32. The second-order valence-electron chi connectivity index (χ2n) is 3.37. The Hall–Kier alpha value is -1.16. The van der Waals surface area contributed by atoms with Gasteiger partial charge in [-0.3, -0.25) is 4.98 Å². The molecule has 0 radical (unpaired) electrons. The molecule has 4 nitrogen and oxygen atoms in total. The van der Waals surface area contributed by atoms with E-state index in [9.17, 15) is 0 Å². The number of ether oxygens (including phenoxy) is 1. The second kappa shape index (κ2) is 5.54. The van der Waals surface area contributed by atoms with Crippen LogP contribution in [0.4, 0.5) is 0 Å². The first kappa shape index (κ1) is 10.9. The summed E-state index contributed by atoms with van der Waals surface area (Å²) in [6.45, 7) is 5.13. The van der Waals surface area contributed by atoms with Crippen molar-refractivity contribution in [1.82, 2.24) is 15.3 Å². The highest BCUT2D eigenvalue weighted by Gasteiger charge is 2.04. The van der Waals surface area contributed by atoms with Crippen molar-refractivity contribution in [1.29, 1.82) is 0 Å². The molecular formula is C10H17N3O. The van der Waals surface area contributed by atoms with Gasteiger partial charge in [0.15, 0.2) is 0 Å². The van der Waals surface area contributed by atoms with Gasteiger partial charge in [0.2, 0.25) is 5.88 Å². The Balaban J connectivity index is 2.49. The summed E-state index contributed by atoms with van der Waals surface area (Å²) in [6, 6.07) is 0.498. The largest absolute Gasteiger partial charge is 0.480 e. The SMILES string of the molecule is COc1nccnc1CCNC(C)C. The third-order valence-electron chi connectivity index (χ3n) is 1.84. The molecule has 4 heteroatoms. The van der Waals surface area contributed by atoms with Crippen LogP contribution in [0.5, 0.6) is 5.88 Å². The number of methoxy groups -OCH3 is 1. The van der Waals surface area contributed by atoms with Crippen molar-refractivity contribution in [3.63, 3.8) is 0 Å². The van der Waals surface area contributed by atoms with Crippen LogP contribution in [0.25, 0.3) is 0 Å². The molecule has 0 aliphatic rings. The lowest BCUT2D eigenvalue weighted by Gasteiger charge is -2.08. The molecule has 1 heterocycles. The molecule has 0 fully saturated rings. The average Bonchev–Trinajstić information content (AvgIpc) is 2.18. The molecule has 0 amide bonds. The Bertz CT molecular complexity index is 276. The summed E-state index contributed by atoms with van der Waals surface area (Å²) in [6.07, 6.45) is 4.17. The molecule has 0 aromatic carbocycles. The summed E-state index contributed by atoms with van der Waals surface area (Å²) in [5.74, 6) is 0.623. The Morgan fingerprint density at radius 2 is 2.07 bits per heavy atom. The monoisotopic (exact) mass is 195 g/mol. The third kappa shape index (κ3) is 3.30. The molecule has 0 aliphatic carbocycles. The van der Waals surface area contributed by atoms with E-state index in [1.807, 2.05) is 0 Å². The van der Waals surface area contributed by atoms with Gasteiger partial charge in [0.1, 0.15) is 5.69 Å². The maximum absolute atomic E-state index is 5.10. The van der Waals surface area contributed by atoms with E-state index in [1.165, 1.54) is 0 Å². The molecule has 0 unspecified atom stereocenters. The van der Waals surface area contributed by atoms with Crippen molar-refractivity contribution < 1.29 is 4.74 Å². The lowest BCUT2D eigenvalue weighted by Crippen LogP contribution is -2.25. The smallest absolute Gasteiger partial charge is 0.235 e. The van der Waals surface area contributed by atoms with Gasteiger partial charge in [-0.15, -0.1) is 0 Å². The fourth-order valence-corrected chi connectivity index (χ4v) is 1.18. The lowest BCUT2D eigenvalue weighted by molar-refractivity contribution is 0.388. The van der Waals surface area contributed by atoms with Gasteiger partial charge >= 0.3 is 0 Å².